The average Bonchev–Trinajstić information content (AvgIpc) is 3.10. The molecule has 0 saturated heterocycles. The van der Waals surface area contributed by atoms with Crippen LogP contribution in [0.4, 0.5) is 0 Å². The Morgan fingerprint density at radius 2 is 2.08 bits per heavy atom. The fourth-order valence-corrected chi connectivity index (χ4v) is 3.23. The SMILES string of the molecule is CCOc1ccccc1C(=O)NCC(c1ccc2c(c1)CCO2)N(C)C. The van der Waals surface area contributed by atoms with Crippen LogP contribution in [0.15, 0.2) is 42.5 Å². The number of amides is 1. The lowest BCUT2D eigenvalue weighted by Gasteiger charge is -2.25. The summed E-state index contributed by atoms with van der Waals surface area (Å²) in [4.78, 5) is 14.8. The molecule has 1 amide bonds. The minimum absolute atomic E-state index is 0.0871. The first kappa shape index (κ1) is 18.3. The van der Waals surface area contributed by atoms with Gasteiger partial charge in [-0.2, -0.15) is 0 Å². The molecule has 5 nitrogen and oxygen atoms in total. The zero-order chi connectivity index (χ0) is 18.5. The van der Waals surface area contributed by atoms with Gasteiger partial charge in [-0.3, -0.25) is 4.79 Å². The summed E-state index contributed by atoms with van der Waals surface area (Å²) in [6.07, 6.45) is 0.942. The third kappa shape index (κ3) is 3.99. The quantitative estimate of drug-likeness (QED) is 0.830. The summed E-state index contributed by atoms with van der Waals surface area (Å²) in [6, 6.07) is 13.7. The maximum atomic E-state index is 12.7. The van der Waals surface area contributed by atoms with Crippen molar-refractivity contribution in [2.45, 2.75) is 19.4 Å². The smallest absolute Gasteiger partial charge is 0.255 e. The minimum Gasteiger partial charge on any atom is -0.493 e. The number of nitrogens with one attached hydrogen (secondary N) is 1. The summed E-state index contributed by atoms with van der Waals surface area (Å²) in [7, 11) is 4.05. The third-order valence-electron chi connectivity index (χ3n) is 4.61. The molecule has 0 bridgehead atoms. The van der Waals surface area contributed by atoms with Crippen molar-refractivity contribution in [3.63, 3.8) is 0 Å². The van der Waals surface area contributed by atoms with Crippen molar-refractivity contribution in [2.24, 2.45) is 0 Å². The van der Waals surface area contributed by atoms with E-state index in [0.717, 1.165) is 18.8 Å². The Morgan fingerprint density at radius 3 is 2.85 bits per heavy atom. The summed E-state index contributed by atoms with van der Waals surface area (Å²) in [6.45, 7) is 3.71. The molecule has 0 spiro atoms. The van der Waals surface area contributed by atoms with E-state index in [2.05, 4.69) is 22.3 Å². The lowest BCUT2D eigenvalue weighted by molar-refractivity contribution is 0.0938. The van der Waals surface area contributed by atoms with Gasteiger partial charge in [0.2, 0.25) is 0 Å². The van der Waals surface area contributed by atoms with E-state index < -0.39 is 0 Å². The molecular formula is C21H26N2O3. The van der Waals surface area contributed by atoms with Crippen molar-refractivity contribution >= 4 is 5.91 Å². The summed E-state index contributed by atoms with van der Waals surface area (Å²) in [5.41, 5.74) is 2.98. The van der Waals surface area contributed by atoms with Gasteiger partial charge < -0.3 is 19.7 Å². The van der Waals surface area contributed by atoms with E-state index in [1.807, 2.05) is 45.3 Å². The fourth-order valence-electron chi connectivity index (χ4n) is 3.23. The number of nitrogens with zero attached hydrogens (tertiary/aromatic N) is 1. The molecule has 5 heteroatoms. The second-order valence-corrected chi connectivity index (χ2v) is 6.58. The van der Waals surface area contributed by atoms with Crippen LogP contribution in [-0.2, 0) is 6.42 Å². The molecule has 0 aromatic heterocycles. The molecule has 2 aromatic rings. The number of rotatable bonds is 7. The van der Waals surface area contributed by atoms with Crippen molar-refractivity contribution in [1.29, 1.82) is 0 Å². The van der Waals surface area contributed by atoms with E-state index in [0.29, 0.717) is 24.5 Å². The highest BCUT2D eigenvalue weighted by atomic mass is 16.5. The highest BCUT2D eigenvalue weighted by Crippen LogP contribution is 2.29. The molecule has 0 fully saturated rings. The average molecular weight is 354 g/mol. The Balaban J connectivity index is 1.72. The molecule has 2 aromatic carbocycles. The Bertz CT molecular complexity index is 774. The van der Waals surface area contributed by atoms with Gasteiger partial charge in [0.05, 0.1) is 24.8 Å². The molecule has 3 rings (SSSR count). The van der Waals surface area contributed by atoms with Gasteiger partial charge in [-0.05, 0) is 50.3 Å². The second kappa shape index (κ2) is 8.23. The largest absolute Gasteiger partial charge is 0.493 e. The third-order valence-corrected chi connectivity index (χ3v) is 4.61. The van der Waals surface area contributed by atoms with Crippen LogP contribution in [0.1, 0.15) is 34.5 Å². The topological polar surface area (TPSA) is 50.8 Å². The van der Waals surface area contributed by atoms with E-state index >= 15 is 0 Å². The molecule has 1 aliphatic heterocycles. The van der Waals surface area contributed by atoms with Gasteiger partial charge in [0, 0.05) is 13.0 Å². The predicted octanol–water partition coefficient (Wildman–Crippen LogP) is 3.05. The van der Waals surface area contributed by atoms with Crippen LogP contribution in [-0.4, -0.2) is 44.7 Å². The molecule has 138 valence electrons. The molecular weight excluding hydrogens is 328 g/mol. The van der Waals surface area contributed by atoms with Gasteiger partial charge in [0.15, 0.2) is 0 Å². The van der Waals surface area contributed by atoms with Crippen molar-refractivity contribution in [3.8, 4) is 11.5 Å². The number of ether oxygens (including phenoxy) is 2. The lowest BCUT2D eigenvalue weighted by atomic mass is 10.0. The molecule has 1 N–H and O–H groups in total. The monoisotopic (exact) mass is 354 g/mol. The zero-order valence-corrected chi connectivity index (χ0v) is 15.6. The van der Waals surface area contributed by atoms with Gasteiger partial charge in [0.25, 0.3) is 5.91 Å². The number of likely N-dealkylation sites (N-methyl/N-ethyl adjacent to an activating group) is 1. The molecule has 26 heavy (non-hydrogen) atoms. The summed E-state index contributed by atoms with van der Waals surface area (Å²) < 4.78 is 11.2. The minimum atomic E-state index is -0.120. The Hall–Kier alpha value is -2.53. The molecule has 1 unspecified atom stereocenters. The van der Waals surface area contributed by atoms with E-state index in [4.69, 9.17) is 9.47 Å². The van der Waals surface area contributed by atoms with Crippen LogP contribution in [0.25, 0.3) is 0 Å². The van der Waals surface area contributed by atoms with E-state index in [9.17, 15) is 4.79 Å². The number of fused-ring (bicyclic) bond motifs is 1. The lowest BCUT2D eigenvalue weighted by Crippen LogP contribution is -2.34. The Morgan fingerprint density at radius 1 is 1.27 bits per heavy atom. The van der Waals surface area contributed by atoms with Crippen LogP contribution in [0.2, 0.25) is 0 Å². The van der Waals surface area contributed by atoms with Crippen LogP contribution < -0.4 is 14.8 Å². The first-order chi connectivity index (χ1) is 12.6. The number of carbonyl (C=O) groups is 1. The van der Waals surface area contributed by atoms with Crippen molar-refractivity contribution in [1.82, 2.24) is 10.2 Å². The van der Waals surface area contributed by atoms with Crippen molar-refractivity contribution in [3.05, 3.63) is 59.2 Å². The van der Waals surface area contributed by atoms with E-state index in [1.165, 1.54) is 11.1 Å². The molecule has 0 radical (unpaired) electrons. The number of hydrogen-bond donors (Lipinski definition) is 1. The summed E-state index contributed by atoms with van der Waals surface area (Å²) >= 11 is 0. The first-order valence-electron chi connectivity index (χ1n) is 9.02. The van der Waals surface area contributed by atoms with Crippen LogP contribution in [0.3, 0.4) is 0 Å². The molecule has 1 atom stereocenters. The highest BCUT2D eigenvalue weighted by molar-refractivity contribution is 5.96. The molecule has 1 heterocycles. The maximum Gasteiger partial charge on any atom is 0.255 e. The Labute approximate surface area is 154 Å². The Kier molecular flexibility index (Phi) is 5.78. The van der Waals surface area contributed by atoms with Crippen LogP contribution in [0.5, 0.6) is 11.5 Å². The van der Waals surface area contributed by atoms with Gasteiger partial charge in [-0.15, -0.1) is 0 Å². The van der Waals surface area contributed by atoms with Gasteiger partial charge in [-0.25, -0.2) is 0 Å². The standard InChI is InChI=1S/C21H26N2O3/c1-4-25-20-8-6-5-7-17(20)21(24)22-14-18(23(2)3)15-9-10-19-16(13-15)11-12-26-19/h5-10,13,18H,4,11-12,14H2,1-3H3,(H,22,24). The first-order valence-corrected chi connectivity index (χ1v) is 9.02. The summed E-state index contributed by atoms with van der Waals surface area (Å²) in [5.74, 6) is 1.47. The van der Waals surface area contributed by atoms with Gasteiger partial charge in [0.1, 0.15) is 11.5 Å². The van der Waals surface area contributed by atoms with Crippen LogP contribution in [0, 0.1) is 0 Å². The van der Waals surface area contributed by atoms with E-state index in [-0.39, 0.29) is 11.9 Å². The highest BCUT2D eigenvalue weighted by Gasteiger charge is 2.20. The number of para-hydroxylation sites is 1. The fraction of sp³-hybridized carbons (Fsp3) is 0.381. The maximum absolute atomic E-state index is 12.7. The van der Waals surface area contributed by atoms with Crippen LogP contribution >= 0.6 is 0 Å². The van der Waals surface area contributed by atoms with E-state index in [1.54, 1.807) is 6.07 Å². The van der Waals surface area contributed by atoms with Crippen molar-refractivity contribution in [2.75, 3.05) is 33.9 Å². The zero-order valence-electron chi connectivity index (χ0n) is 15.6. The van der Waals surface area contributed by atoms with Gasteiger partial charge in [-0.1, -0.05) is 24.3 Å². The normalized spacial score (nSPS) is 13.8. The second-order valence-electron chi connectivity index (χ2n) is 6.58. The number of benzene rings is 2. The predicted molar refractivity (Wildman–Crippen MR) is 102 cm³/mol. The summed E-state index contributed by atoms with van der Waals surface area (Å²) in [5, 5.41) is 3.05. The number of hydrogen-bond acceptors (Lipinski definition) is 4. The molecule has 0 saturated carbocycles. The molecule has 0 aliphatic carbocycles. The van der Waals surface area contributed by atoms with Crippen molar-refractivity contribution < 1.29 is 14.3 Å². The molecule has 1 aliphatic rings. The van der Waals surface area contributed by atoms with Gasteiger partial charge >= 0.3 is 0 Å². The number of carbonyl (C=O) groups excluding carboxylic acids is 1.